The van der Waals surface area contributed by atoms with Crippen molar-refractivity contribution in [3.05, 3.63) is 22.7 Å². The predicted molar refractivity (Wildman–Crippen MR) is 138 cm³/mol. The molecule has 2 fully saturated rings. The molecular formula is C24H45N3O4Si2. The smallest absolute Gasteiger partial charge is 0.351 e. The first-order valence-electron chi connectivity index (χ1n) is 12.3. The van der Waals surface area contributed by atoms with Gasteiger partial charge in [0.2, 0.25) is 0 Å². The lowest BCUT2D eigenvalue weighted by atomic mass is 9.93. The highest BCUT2D eigenvalue weighted by Crippen LogP contribution is 2.53. The van der Waals surface area contributed by atoms with E-state index in [4.69, 9.17) is 19.3 Å². The highest BCUT2D eigenvalue weighted by atomic mass is 28.4. The van der Waals surface area contributed by atoms with Gasteiger partial charge in [-0.2, -0.15) is 4.98 Å². The van der Waals surface area contributed by atoms with Crippen molar-refractivity contribution in [1.82, 2.24) is 9.55 Å². The van der Waals surface area contributed by atoms with Crippen molar-refractivity contribution in [1.29, 1.82) is 0 Å². The number of ether oxygens (including phenoxy) is 1. The summed E-state index contributed by atoms with van der Waals surface area (Å²) >= 11 is 0. The van der Waals surface area contributed by atoms with Crippen molar-refractivity contribution < 1.29 is 13.6 Å². The molecule has 0 amide bonds. The molecule has 1 aromatic rings. The Morgan fingerprint density at radius 1 is 1.06 bits per heavy atom. The molecule has 1 aromatic heterocycles. The minimum atomic E-state index is -2.09. The van der Waals surface area contributed by atoms with Crippen molar-refractivity contribution in [3.63, 3.8) is 0 Å². The van der Waals surface area contributed by atoms with Crippen molar-refractivity contribution >= 4 is 22.5 Å². The van der Waals surface area contributed by atoms with Gasteiger partial charge in [0.05, 0.1) is 12.2 Å². The average molecular weight is 496 g/mol. The third-order valence-corrected chi connectivity index (χ3v) is 17.5. The quantitative estimate of drug-likeness (QED) is 0.547. The fourth-order valence-corrected chi connectivity index (χ4v) is 7.16. The fraction of sp³-hybridized carbons (Fsp3) is 0.833. The number of nitrogens with zero attached hydrogens (tertiary/aromatic N) is 2. The van der Waals surface area contributed by atoms with Gasteiger partial charge in [-0.25, -0.2) is 4.79 Å². The van der Waals surface area contributed by atoms with E-state index in [1.54, 1.807) is 16.8 Å². The minimum Gasteiger partial charge on any atom is -0.411 e. The van der Waals surface area contributed by atoms with Crippen molar-refractivity contribution in [2.24, 2.45) is 0 Å². The summed E-state index contributed by atoms with van der Waals surface area (Å²) in [7, 11) is -4.12. The molecule has 0 aromatic carbocycles. The van der Waals surface area contributed by atoms with E-state index >= 15 is 0 Å². The summed E-state index contributed by atoms with van der Waals surface area (Å²) < 4.78 is 22.4. The lowest BCUT2D eigenvalue weighted by molar-refractivity contribution is -0.142. The van der Waals surface area contributed by atoms with E-state index in [0.717, 1.165) is 19.3 Å². The number of anilines is 1. The fourth-order valence-electron chi connectivity index (χ4n) is 4.42. The molecule has 4 atom stereocenters. The Morgan fingerprint density at radius 2 is 1.61 bits per heavy atom. The van der Waals surface area contributed by atoms with Crippen LogP contribution in [0, 0.1) is 0 Å². The Hall–Kier alpha value is -1.01. The van der Waals surface area contributed by atoms with E-state index in [9.17, 15) is 4.79 Å². The van der Waals surface area contributed by atoms with Gasteiger partial charge in [0, 0.05) is 12.6 Å². The molecular weight excluding hydrogens is 450 g/mol. The summed E-state index contributed by atoms with van der Waals surface area (Å²) in [6.07, 6.45) is 4.53. The number of aromatic nitrogens is 2. The van der Waals surface area contributed by atoms with Gasteiger partial charge in [0.25, 0.3) is 0 Å². The third kappa shape index (κ3) is 5.03. The van der Waals surface area contributed by atoms with Gasteiger partial charge in [0.15, 0.2) is 16.6 Å². The number of nitrogens with two attached hydrogens (primary N) is 1. The zero-order valence-corrected chi connectivity index (χ0v) is 24.3. The van der Waals surface area contributed by atoms with E-state index in [0.29, 0.717) is 6.42 Å². The first-order chi connectivity index (χ1) is 14.9. The SMILES string of the molecule is CC(C)(C)[Si](C)(C)O[C@H]1CC(n2ccc(N)nc2=O)O[C@@]12CCC[C@H]2O[Si](C)(C)C(C)(C)C. The van der Waals surface area contributed by atoms with Crippen LogP contribution in [0.15, 0.2) is 17.1 Å². The van der Waals surface area contributed by atoms with Crippen LogP contribution in [0.4, 0.5) is 5.82 Å². The first kappa shape index (κ1) is 26.6. The standard InChI is InChI=1S/C24H45N3O4Si2/c1-22(2,3)32(7,8)30-17-12-11-14-24(17)18(31-33(9,10)23(4,5)6)16-20(29-24)27-15-13-19(25)26-21(27)28/h13,15,17-18,20H,11-12,14,16H2,1-10H3,(H2,25,26,28)/t17-,18+,20?,24-/m1/s1. The highest BCUT2D eigenvalue weighted by molar-refractivity contribution is 6.74. The van der Waals surface area contributed by atoms with E-state index in [1.807, 2.05) is 0 Å². The molecule has 1 spiro atoms. The Bertz CT molecular complexity index is 920. The van der Waals surface area contributed by atoms with Crippen LogP contribution < -0.4 is 11.4 Å². The minimum absolute atomic E-state index is 0.0457. The molecule has 3 rings (SSSR count). The summed E-state index contributed by atoms with van der Waals surface area (Å²) in [5, 5.41) is 0.169. The Kier molecular flexibility index (Phi) is 6.92. The summed E-state index contributed by atoms with van der Waals surface area (Å²) in [4.78, 5) is 16.6. The molecule has 0 bridgehead atoms. The second kappa shape index (κ2) is 8.58. The van der Waals surface area contributed by atoms with Crippen molar-refractivity contribution in [3.8, 4) is 0 Å². The van der Waals surface area contributed by atoms with Gasteiger partial charge in [0.1, 0.15) is 17.6 Å². The van der Waals surface area contributed by atoms with Crippen LogP contribution in [0.25, 0.3) is 0 Å². The van der Waals surface area contributed by atoms with E-state index in [-0.39, 0.29) is 33.8 Å². The Labute approximate surface area is 201 Å². The maximum atomic E-state index is 12.7. The molecule has 9 heteroatoms. The van der Waals surface area contributed by atoms with Gasteiger partial charge in [-0.15, -0.1) is 0 Å². The van der Waals surface area contributed by atoms with Crippen LogP contribution >= 0.6 is 0 Å². The molecule has 1 saturated heterocycles. The molecule has 1 aliphatic carbocycles. The predicted octanol–water partition coefficient (Wildman–Crippen LogP) is 5.45. The molecule has 0 radical (unpaired) electrons. The molecule has 1 aliphatic heterocycles. The number of nitrogen functional groups attached to an aromatic ring is 1. The summed E-state index contributed by atoms with van der Waals surface area (Å²) in [5.41, 5.74) is 4.79. The van der Waals surface area contributed by atoms with E-state index in [2.05, 4.69) is 72.7 Å². The van der Waals surface area contributed by atoms with Crippen LogP contribution in [0.1, 0.15) is 73.5 Å². The van der Waals surface area contributed by atoms with Gasteiger partial charge < -0.3 is 19.3 Å². The number of hydrogen-bond acceptors (Lipinski definition) is 6. The lowest BCUT2D eigenvalue weighted by Crippen LogP contribution is -2.57. The molecule has 7 nitrogen and oxygen atoms in total. The lowest BCUT2D eigenvalue weighted by Gasteiger charge is -2.46. The van der Waals surface area contributed by atoms with Crippen LogP contribution in [-0.2, 0) is 13.6 Å². The Balaban J connectivity index is 2.01. The van der Waals surface area contributed by atoms with Gasteiger partial charge in [-0.1, -0.05) is 41.5 Å². The molecule has 1 saturated carbocycles. The maximum Gasteiger partial charge on any atom is 0.351 e. The molecule has 33 heavy (non-hydrogen) atoms. The summed E-state index contributed by atoms with van der Waals surface area (Å²) in [5.74, 6) is 0.220. The molecule has 2 heterocycles. The van der Waals surface area contributed by atoms with Crippen molar-refractivity contribution in [2.45, 2.75) is 128 Å². The number of rotatable bonds is 5. The molecule has 2 aliphatic rings. The normalized spacial score (nSPS) is 29.2. The highest BCUT2D eigenvalue weighted by Gasteiger charge is 2.61. The van der Waals surface area contributed by atoms with E-state index < -0.39 is 28.5 Å². The zero-order valence-electron chi connectivity index (χ0n) is 22.3. The average Bonchev–Trinajstić information content (AvgIpc) is 3.17. The topological polar surface area (TPSA) is 88.6 Å². The van der Waals surface area contributed by atoms with Gasteiger partial charge in [-0.3, -0.25) is 4.57 Å². The monoisotopic (exact) mass is 495 g/mol. The molecule has 1 unspecified atom stereocenters. The second-order valence-corrected chi connectivity index (χ2v) is 22.4. The third-order valence-electron chi connectivity index (χ3n) is 8.54. The Morgan fingerprint density at radius 3 is 2.12 bits per heavy atom. The van der Waals surface area contributed by atoms with Crippen LogP contribution in [0.2, 0.25) is 36.3 Å². The molecule has 2 N–H and O–H groups in total. The maximum absolute atomic E-state index is 12.7. The van der Waals surface area contributed by atoms with Gasteiger partial charge in [-0.05, 0) is 61.6 Å². The largest absolute Gasteiger partial charge is 0.411 e. The first-order valence-corrected chi connectivity index (χ1v) is 18.1. The van der Waals surface area contributed by atoms with Crippen molar-refractivity contribution in [2.75, 3.05) is 5.73 Å². The van der Waals surface area contributed by atoms with Crippen LogP contribution in [0.3, 0.4) is 0 Å². The molecule has 188 valence electrons. The number of hydrogen-bond donors (Lipinski definition) is 1. The van der Waals surface area contributed by atoms with Gasteiger partial charge >= 0.3 is 5.69 Å². The van der Waals surface area contributed by atoms with Crippen LogP contribution in [-0.4, -0.2) is 44.0 Å². The van der Waals surface area contributed by atoms with Crippen LogP contribution in [0.5, 0.6) is 0 Å². The second-order valence-electron chi connectivity index (χ2n) is 12.9. The zero-order chi connectivity index (χ0) is 25.0. The summed E-state index contributed by atoms with van der Waals surface area (Å²) in [6.45, 7) is 22.7. The summed E-state index contributed by atoms with van der Waals surface area (Å²) in [6, 6.07) is 1.65. The van der Waals surface area contributed by atoms with E-state index in [1.165, 1.54) is 0 Å².